The molecule has 1 aromatic carbocycles. The molecule has 0 radical (unpaired) electrons. The number of aromatic amines is 2. The summed E-state index contributed by atoms with van der Waals surface area (Å²) in [5, 5.41) is 8.14. The smallest absolute Gasteiger partial charge is 0.256 e. The van der Waals surface area contributed by atoms with Gasteiger partial charge in [-0.1, -0.05) is 0 Å². The van der Waals surface area contributed by atoms with Crippen molar-refractivity contribution in [3.8, 4) is 5.75 Å². The van der Waals surface area contributed by atoms with Crippen molar-refractivity contribution in [3.63, 3.8) is 0 Å². The fraction of sp³-hybridized carbons (Fsp3) is 0.368. The van der Waals surface area contributed by atoms with Crippen LogP contribution < -0.4 is 4.74 Å². The Bertz CT molecular complexity index is 911. The summed E-state index contributed by atoms with van der Waals surface area (Å²) in [6.07, 6.45) is 5.73. The van der Waals surface area contributed by atoms with Crippen molar-refractivity contribution in [3.05, 3.63) is 47.4 Å². The van der Waals surface area contributed by atoms with E-state index in [0.29, 0.717) is 11.5 Å². The van der Waals surface area contributed by atoms with Gasteiger partial charge in [-0.2, -0.15) is 5.10 Å². The number of nitrogens with zero attached hydrogens (tertiary/aromatic N) is 2. The summed E-state index contributed by atoms with van der Waals surface area (Å²) in [6, 6.07) is 5.75. The van der Waals surface area contributed by atoms with Crippen molar-refractivity contribution in [1.29, 1.82) is 0 Å². The van der Waals surface area contributed by atoms with E-state index in [1.54, 1.807) is 13.3 Å². The number of carbonyl (C=O) groups excluding carboxylic acids is 1. The van der Waals surface area contributed by atoms with E-state index in [-0.39, 0.29) is 5.91 Å². The Morgan fingerprint density at radius 2 is 2.28 bits per heavy atom. The molecule has 0 unspecified atom stereocenters. The van der Waals surface area contributed by atoms with Gasteiger partial charge in [0, 0.05) is 41.8 Å². The van der Waals surface area contributed by atoms with Gasteiger partial charge in [0.25, 0.3) is 5.91 Å². The van der Waals surface area contributed by atoms with Crippen LogP contribution in [0.5, 0.6) is 5.75 Å². The molecule has 1 amide bonds. The molecule has 0 saturated carbocycles. The maximum absolute atomic E-state index is 13.1. The van der Waals surface area contributed by atoms with Crippen molar-refractivity contribution >= 4 is 16.8 Å². The fourth-order valence-corrected chi connectivity index (χ4v) is 3.74. The van der Waals surface area contributed by atoms with Crippen LogP contribution in [0.1, 0.15) is 40.4 Å². The molecule has 130 valence electrons. The lowest BCUT2D eigenvalue weighted by molar-refractivity contribution is 0.0707. The number of benzene rings is 1. The molecule has 6 nitrogen and oxygen atoms in total. The number of piperidine rings is 1. The predicted octanol–water partition coefficient (Wildman–Crippen LogP) is 3.23. The molecule has 1 aliphatic heterocycles. The van der Waals surface area contributed by atoms with Crippen molar-refractivity contribution < 1.29 is 9.53 Å². The zero-order valence-corrected chi connectivity index (χ0v) is 14.5. The lowest BCUT2D eigenvalue weighted by Crippen LogP contribution is -2.39. The molecule has 0 bridgehead atoms. The number of H-pyrrole nitrogens is 2. The van der Waals surface area contributed by atoms with Crippen LogP contribution in [0.4, 0.5) is 0 Å². The third-order valence-electron chi connectivity index (χ3n) is 5.10. The first-order valence-electron chi connectivity index (χ1n) is 8.61. The Hall–Kier alpha value is -2.76. The molecule has 1 saturated heterocycles. The largest absolute Gasteiger partial charge is 0.497 e. The van der Waals surface area contributed by atoms with E-state index in [4.69, 9.17) is 4.74 Å². The first-order valence-corrected chi connectivity index (χ1v) is 8.61. The van der Waals surface area contributed by atoms with E-state index in [1.807, 2.05) is 29.3 Å². The molecular formula is C19H22N4O2. The molecule has 4 rings (SSSR count). The summed E-state index contributed by atoms with van der Waals surface area (Å²) in [5.74, 6) is 1.15. The van der Waals surface area contributed by atoms with Crippen LogP contribution in [0.15, 0.2) is 30.6 Å². The maximum atomic E-state index is 13.1. The van der Waals surface area contributed by atoms with Crippen molar-refractivity contribution in [2.45, 2.75) is 25.7 Å². The van der Waals surface area contributed by atoms with Crippen LogP contribution in [-0.2, 0) is 0 Å². The van der Waals surface area contributed by atoms with Crippen molar-refractivity contribution in [2.24, 2.45) is 0 Å². The average Bonchev–Trinajstić information content (AvgIpc) is 3.26. The molecule has 0 spiro atoms. The second kappa shape index (κ2) is 6.27. The van der Waals surface area contributed by atoms with E-state index >= 15 is 0 Å². The molecule has 2 aromatic heterocycles. The Labute approximate surface area is 146 Å². The highest BCUT2D eigenvalue weighted by Crippen LogP contribution is 2.30. The number of carbonyl (C=O) groups is 1. The standard InChI is InChI=1S/C19H22N4O2/c1-12-9-21-22-18(12)13-4-3-7-23(11-13)19(24)16-10-20-17-6-5-14(25-2)8-15(16)17/h5-6,8-10,13,20H,3-4,7,11H2,1-2H3,(H,21,22)/t13-/m1/s1. The third-order valence-corrected chi connectivity index (χ3v) is 5.10. The average molecular weight is 338 g/mol. The zero-order chi connectivity index (χ0) is 17.4. The number of rotatable bonds is 3. The summed E-state index contributed by atoms with van der Waals surface area (Å²) in [4.78, 5) is 18.3. The van der Waals surface area contributed by atoms with Gasteiger partial charge < -0.3 is 14.6 Å². The lowest BCUT2D eigenvalue weighted by Gasteiger charge is -2.32. The van der Waals surface area contributed by atoms with Gasteiger partial charge in [0.15, 0.2) is 0 Å². The number of hydrogen-bond acceptors (Lipinski definition) is 3. The summed E-state index contributed by atoms with van der Waals surface area (Å²) >= 11 is 0. The summed E-state index contributed by atoms with van der Waals surface area (Å²) in [6.45, 7) is 3.57. The zero-order valence-electron chi connectivity index (χ0n) is 14.5. The number of nitrogens with one attached hydrogen (secondary N) is 2. The van der Waals surface area contributed by atoms with Gasteiger partial charge in [-0.25, -0.2) is 0 Å². The molecule has 1 aliphatic rings. The Morgan fingerprint density at radius 1 is 1.40 bits per heavy atom. The SMILES string of the molecule is COc1ccc2[nH]cc(C(=O)N3CCC[C@@H](c4[nH]ncc4C)C3)c2c1. The predicted molar refractivity (Wildman–Crippen MR) is 96.1 cm³/mol. The van der Waals surface area contributed by atoms with E-state index in [9.17, 15) is 4.79 Å². The van der Waals surface area contributed by atoms with Gasteiger partial charge in [0.05, 0.1) is 18.9 Å². The number of ether oxygens (including phenoxy) is 1. The Kier molecular flexibility index (Phi) is 3.95. The number of aromatic nitrogens is 3. The minimum absolute atomic E-state index is 0.0707. The molecule has 2 N–H and O–H groups in total. The van der Waals surface area contributed by atoms with Gasteiger partial charge in [-0.3, -0.25) is 9.89 Å². The van der Waals surface area contributed by atoms with Crippen LogP contribution >= 0.6 is 0 Å². The third kappa shape index (κ3) is 2.77. The number of likely N-dealkylation sites (tertiary alicyclic amines) is 1. The Morgan fingerprint density at radius 3 is 3.04 bits per heavy atom. The summed E-state index contributed by atoms with van der Waals surface area (Å²) in [5.41, 5.74) is 3.97. The fourth-order valence-electron chi connectivity index (χ4n) is 3.74. The summed E-state index contributed by atoms with van der Waals surface area (Å²) < 4.78 is 5.30. The molecule has 1 fully saturated rings. The van der Waals surface area contributed by atoms with Gasteiger partial charge >= 0.3 is 0 Å². The van der Waals surface area contributed by atoms with E-state index in [1.165, 1.54) is 0 Å². The first kappa shape index (κ1) is 15.7. The second-order valence-corrected chi connectivity index (χ2v) is 6.67. The van der Waals surface area contributed by atoms with Crippen LogP contribution in [0.2, 0.25) is 0 Å². The maximum Gasteiger partial charge on any atom is 0.256 e. The van der Waals surface area contributed by atoms with Crippen LogP contribution in [-0.4, -0.2) is 46.2 Å². The molecule has 3 aromatic rings. The van der Waals surface area contributed by atoms with Gasteiger partial charge in [0.2, 0.25) is 0 Å². The lowest BCUT2D eigenvalue weighted by atomic mass is 9.92. The molecule has 1 atom stereocenters. The van der Waals surface area contributed by atoms with Crippen LogP contribution in [0.25, 0.3) is 10.9 Å². The minimum Gasteiger partial charge on any atom is -0.497 e. The second-order valence-electron chi connectivity index (χ2n) is 6.67. The quantitative estimate of drug-likeness (QED) is 0.770. The molecule has 0 aliphatic carbocycles. The number of methoxy groups -OCH3 is 1. The molecular weight excluding hydrogens is 316 g/mol. The highest BCUT2D eigenvalue weighted by Gasteiger charge is 2.28. The van der Waals surface area contributed by atoms with E-state index in [2.05, 4.69) is 22.1 Å². The highest BCUT2D eigenvalue weighted by molar-refractivity contribution is 6.07. The molecule has 6 heteroatoms. The molecule has 25 heavy (non-hydrogen) atoms. The van der Waals surface area contributed by atoms with Gasteiger partial charge in [0.1, 0.15) is 5.75 Å². The first-order chi connectivity index (χ1) is 12.2. The minimum atomic E-state index is 0.0707. The highest BCUT2D eigenvalue weighted by atomic mass is 16.5. The molecule has 3 heterocycles. The Balaban J connectivity index is 1.61. The monoisotopic (exact) mass is 338 g/mol. The van der Waals surface area contributed by atoms with Gasteiger partial charge in [-0.15, -0.1) is 0 Å². The number of aryl methyl sites for hydroxylation is 1. The van der Waals surface area contributed by atoms with Crippen molar-refractivity contribution in [2.75, 3.05) is 20.2 Å². The van der Waals surface area contributed by atoms with Crippen LogP contribution in [0, 0.1) is 6.92 Å². The topological polar surface area (TPSA) is 74.0 Å². The van der Waals surface area contributed by atoms with E-state index < -0.39 is 0 Å². The van der Waals surface area contributed by atoms with Crippen molar-refractivity contribution in [1.82, 2.24) is 20.1 Å². The van der Waals surface area contributed by atoms with Gasteiger partial charge in [-0.05, 0) is 43.5 Å². The summed E-state index contributed by atoms with van der Waals surface area (Å²) in [7, 11) is 1.64. The number of hydrogen-bond donors (Lipinski definition) is 2. The number of amides is 1. The van der Waals surface area contributed by atoms with Crippen LogP contribution in [0.3, 0.4) is 0 Å². The van der Waals surface area contributed by atoms with E-state index in [0.717, 1.165) is 53.8 Å². The normalized spacial score (nSPS) is 17.8. The number of fused-ring (bicyclic) bond motifs is 1.